The van der Waals surface area contributed by atoms with Gasteiger partial charge >= 0.3 is 0 Å². The molecule has 0 bridgehead atoms. The van der Waals surface area contributed by atoms with Crippen LogP contribution in [0.15, 0.2) is 53.9 Å². The Kier molecular flexibility index (Phi) is 6.98. The number of carbonyl (C=O) groups is 1. The summed E-state index contributed by atoms with van der Waals surface area (Å²) >= 11 is 1.38. The number of pyridine rings is 1. The van der Waals surface area contributed by atoms with Gasteiger partial charge in [0.15, 0.2) is 11.0 Å². The van der Waals surface area contributed by atoms with Crippen molar-refractivity contribution >= 4 is 17.7 Å². The first-order chi connectivity index (χ1) is 14.0. The first kappa shape index (κ1) is 21.0. The van der Waals surface area contributed by atoms with Gasteiger partial charge in [0.1, 0.15) is 5.82 Å². The molecule has 0 aliphatic carbocycles. The number of amides is 1. The van der Waals surface area contributed by atoms with E-state index in [9.17, 15) is 9.18 Å². The summed E-state index contributed by atoms with van der Waals surface area (Å²) in [6, 6.07) is 9.71. The molecule has 2 heterocycles. The summed E-state index contributed by atoms with van der Waals surface area (Å²) in [6.07, 6.45) is 4.37. The van der Waals surface area contributed by atoms with Gasteiger partial charge in [-0.05, 0) is 50.1 Å². The number of hydrogen-bond acceptors (Lipinski definition) is 5. The van der Waals surface area contributed by atoms with Crippen LogP contribution in [0.1, 0.15) is 38.8 Å². The lowest BCUT2D eigenvalue weighted by atomic mass is 10.1. The predicted molar refractivity (Wildman–Crippen MR) is 112 cm³/mol. The van der Waals surface area contributed by atoms with Gasteiger partial charge in [-0.3, -0.25) is 9.78 Å². The third-order valence-corrected chi connectivity index (χ3v) is 5.56. The van der Waals surface area contributed by atoms with Crippen LogP contribution < -0.4 is 5.32 Å². The van der Waals surface area contributed by atoms with E-state index < -0.39 is 0 Å². The highest BCUT2D eigenvalue weighted by molar-refractivity contribution is 8.00. The van der Waals surface area contributed by atoms with Crippen molar-refractivity contribution < 1.29 is 9.18 Å². The lowest BCUT2D eigenvalue weighted by molar-refractivity contribution is -0.120. The highest BCUT2D eigenvalue weighted by atomic mass is 32.2. The second kappa shape index (κ2) is 9.65. The van der Waals surface area contributed by atoms with Gasteiger partial charge in [-0.1, -0.05) is 30.8 Å². The van der Waals surface area contributed by atoms with E-state index in [4.69, 9.17) is 0 Å². The van der Waals surface area contributed by atoms with Crippen molar-refractivity contribution in [2.24, 2.45) is 0 Å². The number of rotatable bonds is 8. The van der Waals surface area contributed by atoms with Crippen LogP contribution in [-0.4, -0.2) is 30.9 Å². The zero-order valence-corrected chi connectivity index (χ0v) is 17.5. The number of nitrogens with zero attached hydrogens (tertiary/aromatic N) is 4. The predicted octanol–water partition coefficient (Wildman–Crippen LogP) is 4.25. The molecule has 0 unspecified atom stereocenters. The molecule has 2 aromatic heterocycles. The molecule has 152 valence electrons. The quantitative estimate of drug-likeness (QED) is 0.559. The molecule has 0 saturated carbocycles. The van der Waals surface area contributed by atoms with Crippen LogP contribution in [0.25, 0.3) is 11.4 Å². The summed E-state index contributed by atoms with van der Waals surface area (Å²) in [5.41, 5.74) is 1.79. The molecule has 0 saturated heterocycles. The van der Waals surface area contributed by atoms with Crippen LogP contribution in [0.5, 0.6) is 0 Å². The number of carbonyl (C=O) groups excluding carboxylic acids is 1. The average molecular weight is 414 g/mol. The fourth-order valence-corrected chi connectivity index (χ4v) is 3.78. The normalized spacial score (nSPS) is 13.1. The molecule has 3 rings (SSSR count). The van der Waals surface area contributed by atoms with Crippen molar-refractivity contribution in [3.05, 3.63) is 60.2 Å². The highest BCUT2D eigenvalue weighted by Gasteiger charge is 2.22. The maximum atomic E-state index is 13.1. The molecule has 6 nitrogen and oxygen atoms in total. The molecule has 2 atom stereocenters. The molecule has 1 N–H and O–H groups in total. The first-order valence-corrected chi connectivity index (χ1v) is 10.4. The fraction of sp³-hybridized carbons (Fsp3) is 0.333. The van der Waals surface area contributed by atoms with Gasteiger partial charge in [0, 0.05) is 24.5 Å². The van der Waals surface area contributed by atoms with Crippen LogP contribution in [-0.2, 0) is 11.3 Å². The first-order valence-electron chi connectivity index (χ1n) is 9.55. The van der Waals surface area contributed by atoms with E-state index in [2.05, 4.69) is 27.4 Å². The lowest BCUT2D eigenvalue weighted by Crippen LogP contribution is -2.33. The molecular formula is C21H24FN5OS. The Morgan fingerprint density at radius 3 is 2.48 bits per heavy atom. The van der Waals surface area contributed by atoms with E-state index in [0.717, 1.165) is 29.9 Å². The number of hydrogen-bond donors (Lipinski definition) is 1. The summed E-state index contributed by atoms with van der Waals surface area (Å²) in [4.78, 5) is 16.7. The Balaban J connectivity index is 1.71. The van der Waals surface area contributed by atoms with Crippen LogP contribution in [0.3, 0.4) is 0 Å². The Hall–Kier alpha value is -2.74. The molecule has 29 heavy (non-hydrogen) atoms. The third kappa shape index (κ3) is 5.20. The standard InChI is InChI=1S/C21H24FN5OS/c1-4-13-27-19(17-9-11-23-12-10-17)25-26-21(27)29-15(3)20(28)24-14(2)16-5-7-18(22)8-6-16/h5-12,14-15H,4,13H2,1-3H3,(H,24,28)/t14-,15+/m1/s1. The smallest absolute Gasteiger partial charge is 0.233 e. The summed E-state index contributed by atoms with van der Waals surface area (Å²) in [7, 11) is 0. The van der Waals surface area contributed by atoms with Crippen LogP contribution in [0.4, 0.5) is 4.39 Å². The van der Waals surface area contributed by atoms with Gasteiger partial charge in [-0.2, -0.15) is 0 Å². The molecular weight excluding hydrogens is 389 g/mol. The fourth-order valence-electron chi connectivity index (χ4n) is 2.89. The molecule has 0 spiro atoms. The molecule has 0 aliphatic heterocycles. The molecule has 1 amide bonds. The van der Waals surface area contributed by atoms with E-state index in [1.807, 2.05) is 30.5 Å². The Morgan fingerprint density at radius 2 is 1.83 bits per heavy atom. The molecule has 0 radical (unpaired) electrons. The highest BCUT2D eigenvalue weighted by Crippen LogP contribution is 2.27. The maximum absolute atomic E-state index is 13.1. The molecule has 0 fully saturated rings. The van der Waals surface area contributed by atoms with Crippen LogP contribution in [0.2, 0.25) is 0 Å². The van der Waals surface area contributed by atoms with Crippen molar-refractivity contribution in [3.63, 3.8) is 0 Å². The SMILES string of the molecule is CCCn1c(S[C@@H](C)C(=O)N[C@H](C)c2ccc(F)cc2)nnc1-c1ccncc1. The topological polar surface area (TPSA) is 72.7 Å². The van der Waals surface area contributed by atoms with Gasteiger partial charge in [-0.25, -0.2) is 4.39 Å². The Bertz CT molecular complexity index is 945. The number of halogens is 1. The molecule has 0 aliphatic rings. The van der Waals surface area contributed by atoms with Gasteiger partial charge in [0.2, 0.25) is 5.91 Å². The van der Waals surface area contributed by atoms with Crippen molar-refractivity contribution in [1.82, 2.24) is 25.1 Å². The second-order valence-corrected chi connectivity index (χ2v) is 8.04. The molecule has 3 aromatic rings. The number of thioether (sulfide) groups is 1. The van der Waals surface area contributed by atoms with Gasteiger partial charge in [-0.15, -0.1) is 10.2 Å². The summed E-state index contributed by atoms with van der Waals surface area (Å²) in [6.45, 7) is 6.57. The van der Waals surface area contributed by atoms with Crippen molar-refractivity contribution in [2.75, 3.05) is 0 Å². The van der Waals surface area contributed by atoms with E-state index >= 15 is 0 Å². The van der Waals surface area contributed by atoms with Crippen LogP contribution in [0, 0.1) is 5.82 Å². The number of aromatic nitrogens is 4. The van der Waals surface area contributed by atoms with Gasteiger partial charge in [0.05, 0.1) is 11.3 Å². The van der Waals surface area contributed by atoms with Gasteiger partial charge < -0.3 is 9.88 Å². The summed E-state index contributed by atoms with van der Waals surface area (Å²) < 4.78 is 15.1. The average Bonchev–Trinajstić information content (AvgIpc) is 3.11. The Labute approximate surface area is 174 Å². The monoisotopic (exact) mass is 413 g/mol. The molecule has 8 heteroatoms. The third-order valence-electron chi connectivity index (χ3n) is 4.48. The minimum absolute atomic E-state index is 0.108. The largest absolute Gasteiger partial charge is 0.349 e. The zero-order chi connectivity index (χ0) is 20.8. The van der Waals surface area contributed by atoms with E-state index in [1.165, 1.54) is 23.9 Å². The summed E-state index contributed by atoms with van der Waals surface area (Å²) in [5, 5.41) is 12.0. The minimum Gasteiger partial charge on any atom is -0.349 e. The lowest BCUT2D eigenvalue weighted by Gasteiger charge is -2.18. The van der Waals surface area contributed by atoms with Gasteiger partial charge in [0.25, 0.3) is 0 Å². The van der Waals surface area contributed by atoms with Crippen molar-refractivity contribution in [1.29, 1.82) is 0 Å². The molecule has 1 aromatic carbocycles. The second-order valence-electron chi connectivity index (χ2n) is 6.74. The zero-order valence-electron chi connectivity index (χ0n) is 16.7. The number of nitrogens with one attached hydrogen (secondary N) is 1. The van der Waals surface area contributed by atoms with Crippen LogP contribution >= 0.6 is 11.8 Å². The maximum Gasteiger partial charge on any atom is 0.233 e. The van der Waals surface area contributed by atoms with Crippen molar-refractivity contribution in [3.8, 4) is 11.4 Å². The van der Waals surface area contributed by atoms with Crippen molar-refractivity contribution in [2.45, 2.75) is 50.2 Å². The summed E-state index contributed by atoms with van der Waals surface area (Å²) in [5.74, 6) is 0.365. The van der Waals surface area contributed by atoms with E-state index in [0.29, 0.717) is 5.16 Å². The van der Waals surface area contributed by atoms with E-state index in [-0.39, 0.29) is 23.0 Å². The number of benzene rings is 1. The minimum atomic E-state index is -0.358. The van der Waals surface area contributed by atoms with E-state index in [1.54, 1.807) is 24.5 Å². The Morgan fingerprint density at radius 1 is 1.14 bits per heavy atom.